The van der Waals surface area contributed by atoms with Crippen molar-refractivity contribution in [2.24, 2.45) is 5.73 Å². The van der Waals surface area contributed by atoms with E-state index in [1.54, 1.807) is 0 Å². The third kappa shape index (κ3) is 2.37. The molecule has 4 N–H and O–H groups in total. The molecule has 18 heavy (non-hydrogen) atoms. The quantitative estimate of drug-likeness (QED) is 0.807. The lowest BCUT2D eigenvalue weighted by Crippen LogP contribution is -2.12. The Hall–Kier alpha value is -2.63. The van der Waals surface area contributed by atoms with Crippen molar-refractivity contribution in [2.75, 3.05) is 5.73 Å². The second-order valence-corrected chi connectivity index (χ2v) is 3.50. The van der Waals surface area contributed by atoms with Gasteiger partial charge in [0.15, 0.2) is 11.6 Å². The summed E-state index contributed by atoms with van der Waals surface area (Å²) < 4.78 is 18.8. The Labute approximate surface area is 102 Å². The molecule has 0 atom stereocenters. The van der Waals surface area contributed by atoms with Gasteiger partial charge in [0.05, 0.1) is 5.69 Å². The average Bonchev–Trinajstić information content (AvgIpc) is 2.34. The van der Waals surface area contributed by atoms with E-state index in [2.05, 4.69) is 4.98 Å². The van der Waals surface area contributed by atoms with Crippen molar-refractivity contribution < 1.29 is 13.9 Å². The fraction of sp³-hybridized carbons (Fsp3) is 0. The minimum atomic E-state index is -0.693. The highest BCUT2D eigenvalue weighted by Gasteiger charge is 2.10. The number of hydrogen-bond donors (Lipinski definition) is 2. The number of halogens is 1. The molecule has 0 aliphatic heterocycles. The molecule has 0 fully saturated rings. The van der Waals surface area contributed by atoms with Gasteiger partial charge in [-0.15, -0.1) is 0 Å². The zero-order chi connectivity index (χ0) is 13.1. The van der Waals surface area contributed by atoms with Crippen LogP contribution in [0.1, 0.15) is 10.5 Å². The Morgan fingerprint density at radius 1 is 1.33 bits per heavy atom. The second kappa shape index (κ2) is 4.70. The lowest BCUT2D eigenvalue weighted by Gasteiger charge is -2.09. The van der Waals surface area contributed by atoms with Crippen LogP contribution in [0.3, 0.4) is 0 Å². The molecule has 1 heterocycles. The Bertz CT molecular complexity index is 581. The van der Waals surface area contributed by atoms with Gasteiger partial charge in [0.2, 0.25) is 0 Å². The SMILES string of the molecule is NC(=O)c1cc(Oc2c(N)cccc2F)ccn1. The molecule has 0 saturated heterocycles. The summed E-state index contributed by atoms with van der Waals surface area (Å²) in [5.41, 5.74) is 10.9. The van der Waals surface area contributed by atoms with Crippen molar-refractivity contribution in [3.8, 4) is 11.5 Å². The number of rotatable bonds is 3. The van der Waals surface area contributed by atoms with Gasteiger partial charge in [0.25, 0.3) is 5.91 Å². The molecule has 0 spiro atoms. The standard InChI is InChI=1S/C12H10FN3O2/c13-8-2-1-3-9(14)11(8)18-7-4-5-16-10(6-7)12(15)17/h1-6H,14H2,(H2,15,17). The van der Waals surface area contributed by atoms with Crippen molar-refractivity contribution in [1.82, 2.24) is 4.98 Å². The van der Waals surface area contributed by atoms with Crippen molar-refractivity contribution >= 4 is 11.6 Å². The highest BCUT2D eigenvalue weighted by molar-refractivity contribution is 5.91. The molecule has 1 aromatic heterocycles. The van der Waals surface area contributed by atoms with Crippen molar-refractivity contribution in [3.05, 3.63) is 48.0 Å². The average molecular weight is 247 g/mol. The molecule has 2 rings (SSSR count). The lowest BCUT2D eigenvalue weighted by molar-refractivity contribution is 0.0995. The van der Waals surface area contributed by atoms with Crippen LogP contribution >= 0.6 is 0 Å². The van der Waals surface area contributed by atoms with Crippen LogP contribution in [0.25, 0.3) is 0 Å². The summed E-state index contributed by atoms with van der Waals surface area (Å²) in [4.78, 5) is 14.7. The normalized spacial score (nSPS) is 10.1. The van der Waals surface area contributed by atoms with Crippen LogP contribution in [0.5, 0.6) is 11.5 Å². The molecule has 0 saturated carbocycles. The zero-order valence-corrected chi connectivity index (χ0v) is 9.26. The number of amides is 1. The number of carbonyl (C=O) groups excluding carboxylic acids is 1. The Kier molecular flexibility index (Phi) is 3.09. The summed E-state index contributed by atoms with van der Waals surface area (Å²) in [6.45, 7) is 0. The highest BCUT2D eigenvalue weighted by Crippen LogP contribution is 2.30. The topological polar surface area (TPSA) is 91.2 Å². The van der Waals surface area contributed by atoms with Crippen LogP contribution in [0.2, 0.25) is 0 Å². The predicted octanol–water partition coefficient (Wildman–Crippen LogP) is 1.69. The van der Waals surface area contributed by atoms with Crippen LogP contribution in [-0.4, -0.2) is 10.9 Å². The van der Waals surface area contributed by atoms with Gasteiger partial charge in [-0.3, -0.25) is 9.78 Å². The van der Waals surface area contributed by atoms with E-state index in [0.717, 1.165) is 0 Å². The van der Waals surface area contributed by atoms with Crippen LogP contribution in [0, 0.1) is 5.82 Å². The van der Waals surface area contributed by atoms with E-state index in [0.29, 0.717) is 0 Å². The number of para-hydroxylation sites is 1. The molecule has 92 valence electrons. The first-order valence-corrected chi connectivity index (χ1v) is 5.05. The van der Waals surface area contributed by atoms with Gasteiger partial charge in [0, 0.05) is 12.3 Å². The third-order valence-corrected chi connectivity index (χ3v) is 2.20. The first kappa shape index (κ1) is 11.8. The van der Waals surface area contributed by atoms with Crippen LogP contribution in [-0.2, 0) is 0 Å². The van der Waals surface area contributed by atoms with E-state index in [1.165, 1.54) is 36.5 Å². The summed E-state index contributed by atoms with van der Waals surface area (Å²) in [7, 11) is 0. The van der Waals surface area contributed by atoms with Gasteiger partial charge < -0.3 is 16.2 Å². The Morgan fingerprint density at radius 3 is 2.78 bits per heavy atom. The van der Waals surface area contributed by atoms with Crippen molar-refractivity contribution in [3.63, 3.8) is 0 Å². The van der Waals surface area contributed by atoms with E-state index in [9.17, 15) is 9.18 Å². The molecule has 0 radical (unpaired) electrons. The van der Waals surface area contributed by atoms with Crippen molar-refractivity contribution in [1.29, 1.82) is 0 Å². The van der Waals surface area contributed by atoms with E-state index in [1.807, 2.05) is 0 Å². The third-order valence-electron chi connectivity index (χ3n) is 2.20. The molecule has 5 nitrogen and oxygen atoms in total. The number of aromatic nitrogens is 1. The minimum Gasteiger partial charge on any atom is -0.452 e. The smallest absolute Gasteiger partial charge is 0.267 e. The second-order valence-electron chi connectivity index (χ2n) is 3.50. The molecular formula is C12H10FN3O2. The molecule has 0 aliphatic carbocycles. The molecule has 6 heteroatoms. The highest BCUT2D eigenvalue weighted by atomic mass is 19.1. The molecule has 2 aromatic rings. The van der Waals surface area contributed by atoms with Gasteiger partial charge >= 0.3 is 0 Å². The van der Waals surface area contributed by atoms with Gasteiger partial charge in [0.1, 0.15) is 11.4 Å². The molecular weight excluding hydrogens is 237 g/mol. The monoisotopic (exact) mass is 247 g/mol. The van der Waals surface area contributed by atoms with E-state index in [-0.39, 0.29) is 22.9 Å². The largest absolute Gasteiger partial charge is 0.452 e. The van der Waals surface area contributed by atoms with E-state index >= 15 is 0 Å². The number of nitrogen functional groups attached to an aromatic ring is 1. The van der Waals surface area contributed by atoms with Gasteiger partial charge in [-0.05, 0) is 18.2 Å². The van der Waals surface area contributed by atoms with Crippen LogP contribution in [0.4, 0.5) is 10.1 Å². The maximum Gasteiger partial charge on any atom is 0.267 e. The number of ether oxygens (including phenoxy) is 1. The first-order chi connectivity index (χ1) is 8.58. The summed E-state index contributed by atoms with van der Waals surface area (Å²) in [5, 5.41) is 0. The number of primary amides is 1. The molecule has 1 aromatic carbocycles. The minimum absolute atomic E-state index is 0.0300. The Balaban J connectivity index is 2.34. The molecule has 0 unspecified atom stereocenters. The van der Waals surface area contributed by atoms with Gasteiger partial charge in [-0.1, -0.05) is 6.07 Å². The summed E-state index contributed by atoms with van der Waals surface area (Å²) in [5.74, 6) is -1.15. The summed E-state index contributed by atoms with van der Waals surface area (Å²) in [6, 6.07) is 6.99. The fourth-order valence-electron chi connectivity index (χ4n) is 1.36. The number of nitrogens with zero attached hydrogens (tertiary/aromatic N) is 1. The molecule has 0 aliphatic rings. The molecule has 0 bridgehead atoms. The van der Waals surface area contributed by atoms with Crippen molar-refractivity contribution in [2.45, 2.75) is 0 Å². The number of benzene rings is 1. The zero-order valence-electron chi connectivity index (χ0n) is 9.26. The summed E-state index contributed by atoms with van der Waals surface area (Å²) >= 11 is 0. The predicted molar refractivity (Wildman–Crippen MR) is 63.6 cm³/mol. The van der Waals surface area contributed by atoms with E-state index in [4.69, 9.17) is 16.2 Å². The number of hydrogen-bond acceptors (Lipinski definition) is 4. The van der Waals surface area contributed by atoms with Gasteiger partial charge in [-0.2, -0.15) is 0 Å². The van der Waals surface area contributed by atoms with Gasteiger partial charge in [-0.25, -0.2) is 4.39 Å². The lowest BCUT2D eigenvalue weighted by atomic mass is 10.3. The Morgan fingerprint density at radius 2 is 2.11 bits per heavy atom. The van der Waals surface area contributed by atoms with Crippen LogP contribution < -0.4 is 16.2 Å². The maximum absolute atomic E-state index is 13.5. The number of carbonyl (C=O) groups is 1. The number of anilines is 1. The molecule has 1 amide bonds. The maximum atomic E-state index is 13.5. The summed E-state index contributed by atoms with van der Waals surface area (Å²) in [6.07, 6.45) is 1.34. The number of nitrogens with two attached hydrogens (primary N) is 2. The van der Waals surface area contributed by atoms with E-state index < -0.39 is 11.7 Å². The van der Waals surface area contributed by atoms with Crippen LogP contribution in [0.15, 0.2) is 36.5 Å². The first-order valence-electron chi connectivity index (χ1n) is 5.05. The fourth-order valence-corrected chi connectivity index (χ4v) is 1.36. The number of pyridine rings is 1.